The first kappa shape index (κ1) is 20.1. The predicted octanol–water partition coefficient (Wildman–Crippen LogP) is 4.76. The minimum absolute atomic E-state index is 0.169. The maximum absolute atomic E-state index is 10.6. The molecule has 7 heteroatoms. The number of methoxy groups -OCH3 is 1. The van der Waals surface area contributed by atoms with Gasteiger partial charge in [0.05, 0.1) is 24.5 Å². The lowest BCUT2D eigenvalue weighted by molar-refractivity contribution is 0.414. The fourth-order valence-corrected chi connectivity index (χ4v) is 4.55. The summed E-state index contributed by atoms with van der Waals surface area (Å²) in [5, 5.41) is 14.6. The number of ether oxygens (including phenoxy) is 1. The summed E-state index contributed by atoms with van der Waals surface area (Å²) in [5.41, 5.74) is 3.49. The van der Waals surface area contributed by atoms with Crippen molar-refractivity contribution in [2.75, 3.05) is 12.0 Å². The Labute approximate surface area is 191 Å². The molecule has 2 N–H and O–H groups in total. The van der Waals surface area contributed by atoms with Crippen LogP contribution >= 0.6 is 12.2 Å². The highest BCUT2D eigenvalue weighted by molar-refractivity contribution is 7.80. The van der Waals surface area contributed by atoms with Gasteiger partial charge in [0.25, 0.3) is 0 Å². The molecule has 5 rings (SSSR count). The van der Waals surface area contributed by atoms with Gasteiger partial charge in [-0.15, -0.1) is 0 Å². The smallest absolute Gasteiger partial charge is 0.174 e. The number of hydrogen-bond acceptors (Lipinski definition) is 4. The Morgan fingerprint density at radius 2 is 1.84 bits per heavy atom. The number of aromatic hydroxyl groups is 1. The Morgan fingerprint density at radius 1 is 1.00 bits per heavy atom. The molecule has 4 aromatic rings. The fourth-order valence-electron chi connectivity index (χ4n) is 4.21. The summed E-state index contributed by atoms with van der Waals surface area (Å²) < 4.78 is 7.55. The molecule has 0 unspecified atom stereocenters. The first-order chi connectivity index (χ1) is 15.7. The normalized spacial score (nSPS) is 17.9. The van der Waals surface area contributed by atoms with E-state index in [2.05, 4.69) is 20.9 Å². The first-order valence-electron chi connectivity index (χ1n) is 10.3. The van der Waals surface area contributed by atoms with Crippen molar-refractivity contribution in [1.29, 1.82) is 0 Å². The summed E-state index contributed by atoms with van der Waals surface area (Å²) in [7, 11) is 1.66. The fraction of sp³-hybridized carbons (Fsp3) is 0.120. The molecular formula is C25H22N4O2S. The molecule has 1 fully saturated rings. The average molecular weight is 443 g/mol. The van der Waals surface area contributed by atoms with Gasteiger partial charge >= 0.3 is 0 Å². The van der Waals surface area contributed by atoms with Crippen LogP contribution in [-0.4, -0.2) is 26.9 Å². The Bertz CT molecular complexity index is 1260. The molecule has 3 heterocycles. The number of pyridine rings is 1. The summed E-state index contributed by atoms with van der Waals surface area (Å²) in [5.74, 6) is 0.948. The molecule has 0 aliphatic carbocycles. The van der Waals surface area contributed by atoms with E-state index in [0.29, 0.717) is 10.8 Å². The van der Waals surface area contributed by atoms with Crippen molar-refractivity contribution in [2.24, 2.45) is 0 Å². The van der Waals surface area contributed by atoms with E-state index in [4.69, 9.17) is 17.0 Å². The minimum atomic E-state index is -0.244. The second-order valence-corrected chi connectivity index (χ2v) is 7.88. The van der Waals surface area contributed by atoms with E-state index < -0.39 is 0 Å². The second-order valence-electron chi connectivity index (χ2n) is 7.49. The topological polar surface area (TPSA) is 62.5 Å². The van der Waals surface area contributed by atoms with Crippen molar-refractivity contribution in [1.82, 2.24) is 14.9 Å². The molecule has 0 spiro atoms. The van der Waals surface area contributed by atoms with Crippen molar-refractivity contribution in [2.45, 2.75) is 12.1 Å². The van der Waals surface area contributed by atoms with Crippen LogP contribution in [0.25, 0.3) is 5.69 Å². The minimum Gasteiger partial charge on any atom is -0.506 e. The number of thiocarbonyl (C=S) groups is 1. The number of rotatable bonds is 5. The molecule has 0 saturated carbocycles. The van der Waals surface area contributed by atoms with Gasteiger partial charge in [-0.1, -0.05) is 24.3 Å². The van der Waals surface area contributed by atoms with Crippen LogP contribution in [-0.2, 0) is 0 Å². The molecule has 1 aliphatic heterocycles. The monoisotopic (exact) mass is 442 g/mol. The van der Waals surface area contributed by atoms with Crippen LogP contribution in [0.4, 0.5) is 5.69 Å². The zero-order valence-electron chi connectivity index (χ0n) is 17.4. The highest BCUT2D eigenvalue weighted by atomic mass is 32.1. The third-order valence-corrected chi connectivity index (χ3v) is 5.97. The third-order valence-electron chi connectivity index (χ3n) is 5.65. The maximum atomic E-state index is 10.6. The van der Waals surface area contributed by atoms with Gasteiger partial charge in [-0.3, -0.25) is 4.98 Å². The Balaban J connectivity index is 1.68. The van der Waals surface area contributed by atoms with E-state index in [9.17, 15) is 5.11 Å². The van der Waals surface area contributed by atoms with Crippen LogP contribution < -0.4 is 15.0 Å². The zero-order chi connectivity index (χ0) is 22.1. The number of anilines is 1. The zero-order valence-corrected chi connectivity index (χ0v) is 18.2. The molecule has 32 heavy (non-hydrogen) atoms. The van der Waals surface area contributed by atoms with Gasteiger partial charge in [0.2, 0.25) is 0 Å². The van der Waals surface area contributed by atoms with Crippen molar-refractivity contribution in [3.63, 3.8) is 0 Å². The van der Waals surface area contributed by atoms with Crippen molar-refractivity contribution < 1.29 is 9.84 Å². The van der Waals surface area contributed by atoms with Crippen LogP contribution in [0, 0.1) is 0 Å². The lowest BCUT2D eigenvalue weighted by atomic mass is 10.0. The van der Waals surface area contributed by atoms with Gasteiger partial charge in [0, 0.05) is 29.8 Å². The molecule has 2 atom stereocenters. The van der Waals surface area contributed by atoms with Crippen molar-refractivity contribution in [3.8, 4) is 17.2 Å². The first-order valence-corrected chi connectivity index (χ1v) is 10.7. The predicted molar refractivity (Wildman–Crippen MR) is 128 cm³/mol. The van der Waals surface area contributed by atoms with Gasteiger partial charge in [-0.05, 0) is 60.7 Å². The summed E-state index contributed by atoms with van der Waals surface area (Å²) in [6.07, 6.45) is 3.80. The summed E-state index contributed by atoms with van der Waals surface area (Å²) in [6, 6.07) is 24.6. The number of para-hydroxylation sites is 2. The summed E-state index contributed by atoms with van der Waals surface area (Å²) in [6.45, 7) is 0. The number of benzene rings is 2. The molecule has 2 aromatic carbocycles. The Hall–Kier alpha value is -3.84. The van der Waals surface area contributed by atoms with Gasteiger partial charge in [0.1, 0.15) is 17.5 Å². The number of aromatic nitrogens is 2. The third kappa shape index (κ3) is 3.46. The highest BCUT2D eigenvalue weighted by Crippen LogP contribution is 2.44. The highest BCUT2D eigenvalue weighted by Gasteiger charge is 2.42. The van der Waals surface area contributed by atoms with Crippen LogP contribution in [0.1, 0.15) is 23.5 Å². The number of phenols is 1. The number of hydrogen-bond donors (Lipinski definition) is 2. The standard InChI is InChI=1S/C25H22N4O2S/c1-31-18-9-6-8-17(16-18)28-15-7-12-21(28)24-23(19-10-4-5-14-26-19)27-25(32)29(24)20-11-2-3-13-22(20)30/h2-16,23-24,30H,1H3,(H,27,32)/t23-,24+/m0/s1. The van der Waals surface area contributed by atoms with E-state index in [0.717, 1.165) is 22.8 Å². The molecule has 0 amide bonds. The molecule has 160 valence electrons. The molecule has 2 aromatic heterocycles. The molecule has 0 bridgehead atoms. The van der Waals surface area contributed by atoms with Gasteiger partial charge < -0.3 is 24.6 Å². The number of nitrogens with zero attached hydrogens (tertiary/aromatic N) is 3. The maximum Gasteiger partial charge on any atom is 0.174 e. The quantitative estimate of drug-likeness (QED) is 0.435. The average Bonchev–Trinajstić information content (AvgIpc) is 3.44. The second kappa shape index (κ2) is 8.36. The van der Waals surface area contributed by atoms with Gasteiger partial charge in [-0.2, -0.15) is 0 Å². The molecule has 1 saturated heterocycles. The largest absolute Gasteiger partial charge is 0.506 e. The lowest BCUT2D eigenvalue weighted by Gasteiger charge is -2.29. The number of nitrogens with one attached hydrogen (secondary N) is 1. The van der Waals surface area contributed by atoms with E-state index in [1.54, 1.807) is 25.4 Å². The van der Waals surface area contributed by atoms with E-state index in [1.165, 1.54) is 0 Å². The van der Waals surface area contributed by atoms with Gasteiger partial charge in [0.15, 0.2) is 5.11 Å². The van der Waals surface area contributed by atoms with Crippen LogP contribution in [0.3, 0.4) is 0 Å². The lowest BCUT2D eigenvalue weighted by Crippen LogP contribution is -2.30. The number of phenolic OH excluding ortho intramolecular Hbond substituents is 1. The molecule has 6 nitrogen and oxygen atoms in total. The van der Waals surface area contributed by atoms with Crippen LogP contribution in [0.5, 0.6) is 11.5 Å². The van der Waals surface area contributed by atoms with Crippen molar-refractivity contribution >= 4 is 23.0 Å². The Kier molecular flexibility index (Phi) is 5.25. The Morgan fingerprint density at radius 3 is 2.62 bits per heavy atom. The molecular weight excluding hydrogens is 420 g/mol. The molecule has 1 aliphatic rings. The summed E-state index contributed by atoms with van der Waals surface area (Å²) in [4.78, 5) is 6.56. The van der Waals surface area contributed by atoms with Crippen LogP contribution in [0.2, 0.25) is 0 Å². The SMILES string of the molecule is COc1cccc(-n2cccc2[C@@H]2[C@H](c3ccccn3)NC(=S)N2c2ccccc2O)c1. The van der Waals surface area contributed by atoms with Crippen molar-refractivity contribution in [3.05, 3.63) is 103 Å². The molecule has 0 radical (unpaired) electrons. The summed E-state index contributed by atoms with van der Waals surface area (Å²) >= 11 is 5.76. The van der Waals surface area contributed by atoms with E-state index in [-0.39, 0.29) is 17.8 Å². The van der Waals surface area contributed by atoms with E-state index in [1.807, 2.05) is 71.8 Å². The van der Waals surface area contributed by atoms with E-state index >= 15 is 0 Å². The van der Waals surface area contributed by atoms with Crippen LogP contribution in [0.15, 0.2) is 91.3 Å². The van der Waals surface area contributed by atoms with Gasteiger partial charge in [-0.25, -0.2) is 0 Å².